The van der Waals surface area contributed by atoms with E-state index in [4.69, 9.17) is 34.8 Å². The number of benzene rings is 1. The van der Waals surface area contributed by atoms with Crippen molar-refractivity contribution in [3.63, 3.8) is 0 Å². The van der Waals surface area contributed by atoms with Gasteiger partial charge in [-0.3, -0.25) is 4.98 Å². The predicted molar refractivity (Wildman–Crippen MR) is 68.5 cm³/mol. The van der Waals surface area contributed by atoms with Crippen molar-refractivity contribution >= 4 is 34.8 Å². The van der Waals surface area contributed by atoms with Gasteiger partial charge in [-0.15, -0.1) is 0 Å². The van der Waals surface area contributed by atoms with Crippen molar-refractivity contribution in [1.82, 2.24) is 4.98 Å². The number of pyridine rings is 1. The van der Waals surface area contributed by atoms with Gasteiger partial charge in [-0.25, -0.2) is 0 Å². The van der Waals surface area contributed by atoms with Crippen LogP contribution >= 0.6 is 34.8 Å². The standard InChI is InChI=1S/C12H8Cl3N/c13-9-7-16-10(12(15)11(9)14)6-8-4-2-1-3-5-8/h1-5,7H,6H2. The Morgan fingerprint density at radius 2 is 1.62 bits per heavy atom. The summed E-state index contributed by atoms with van der Waals surface area (Å²) in [5.74, 6) is 0. The molecule has 0 bridgehead atoms. The number of halogens is 3. The minimum atomic E-state index is 0.365. The van der Waals surface area contributed by atoms with Crippen molar-refractivity contribution in [2.24, 2.45) is 0 Å². The molecule has 1 heterocycles. The summed E-state index contributed by atoms with van der Waals surface area (Å²) in [7, 11) is 0. The average molecular weight is 273 g/mol. The highest BCUT2D eigenvalue weighted by molar-refractivity contribution is 6.48. The first-order valence-electron chi connectivity index (χ1n) is 4.71. The molecule has 0 N–H and O–H groups in total. The van der Waals surface area contributed by atoms with E-state index in [9.17, 15) is 0 Å². The lowest BCUT2D eigenvalue weighted by molar-refractivity contribution is 1.07. The van der Waals surface area contributed by atoms with E-state index in [0.717, 1.165) is 11.3 Å². The van der Waals surface area contributed by atoms with Crippen LogP contribution in [0.1, 0.15) is 11.3 Å². The van der Waals surface area contributed by atoms with Gasteiger partial charge in [0, 0.05) is 12.6 Å². The maximum atomic E-state index is 6.07. The number of hydrogen-bond donors (Lipinski definition) is 0. The Bertz CT molecular complexity index is 497. The molecule has 0 atom stereocenters. The van der Waals surface area contributed by atoms with Crippen LogP contribution in [0.15, 0.2) is 36.5 Å². The van der Waals surface area contributed by atoms with E-state index in [1.807, 2.05) is 30.3 Å². The minimum Gasteiger partial charge on any atom is -0.258 e. The zero-order valence-electron chi connectivity index (χ0n) is 8.25. The van der Waals surface area contributed by atoms with E-state index >= 15 is 0 Å². The van der Waals surface area contributed by atoms with Gasteiger partial charge in [0.1, 0.15) is 0 Å². The molecule has 4 heteroatoms. The van der Waals surface area contributed by atoms with Crippen LogP contribution in [0.3, 0.4) is 0 Å². The van der Waals surface area contributed by atoms with Crippen LogP contribution in [-0.2, 0) is 6.42 Å². The molecule has 2 aromatic rings. The van der Waals surface area contributed by atoms with Gasteiger partial charge in [0.05, 0.1) is 20.8 Å². The second-order valence-electron chi connectivity index (χ2n) is 3.34. The molecule has 1 aromatic carbocycles. The summed E-state index contributed by atoms with van der Waals surface area (Å²) in [6.07, 6.45) is 2.17. The molecule has 0 unspecified atom stereocenters. The number of nitrogens with zero attached hydrogens (tertiary/aromatic N) is 1. The maximum absolute atomic E-state index is 6.07. The highest BCUT2D eigenvalue weighted by atomic mass is 35.5. The average Bonchev–Trinajstić information content (AvgIpc) is 2.31. The molecule has 0 saturated carbocycles. The molecule has 0 saturated heterocycles. The lowest BCUT2D eigenvalue weighted by Crippen LogP contribution is -1.94. The number of aromatic nitrogens is 1. The van der Waals surface area contributed by atoms with E-state index in [1.165, 1.54) is 6.20 Å². The van der Waals surface area contributed by atoms with Gasteiger partial charge >= 0.3 is 0 Å². The van der Waals surface area contributed by atoms with E-state index in [2.05, 4.69) is 4.98 Å². The Hall–Kier alpha value is -0.760. The molecular formula is C12H8Cl3N. The summed E-state index contributed by atoms with van der Waals surface area (Å²) in [6.45, 7) is 0. The van der Waals surface area contributed by atoms with Crippen LogP contribution in [0.4, 0.5) is 0 Å². The van der Waals surface area contributed by atoms with Gasteiger partial charge in [-0.1, -0.05) is 65.1 Å². The minimum absolute atomic E-state index is 0.365. The van der Waals surface area contributed by atoms with Crippen LogP contribution in [0.5, 0.6) is 0 Å². The third kappa shape index (κ3) is 2.49. The third-order valence-electron chi connectivity index (χ3n) is 2.20. The monoisotopic (exact) mass is 271 g/mol. The van der Waals surface area contributed by atoms with Crippen molar-refractivity contribution in [2.45, 2.75) is 6.42 Å². The van der Waals surface area contributed by atoms with Crippen molar-refractivity contribution in [3.8, 4) is 0 Å². The molecule has 0 amide bonds. The summed E-state index contributed by atoms with van der Waals surface area (Å²) < 4.78 is 0. The van der Waals surface area contributed by atoms with Crippen LogP contribution in [0.25, 0.3) is 0 Å². The quantitative estimate of drug-likeness (QED) is 0.776. The van der Waals surface area contributed by atoms with Gasteiger partial charge in [-0.2, -0.15) is 0 Å². The molecule has 0 fully saturated rings. The van der Waals surface area contributed by atoms with Gasteiger partial charge in [0.25, 0.3) is 0 Å². The predicted octanol–water partition coefficient (Wildman–Crippen LogP) is 4.63. The highest BCUT2D eigenvalue weighted by Gasteiger charge is 2.10. The Labute approximate surface area is 109 Å². The second kappa shape index (κ2) is 5.05. The Morgan fingerprint density at radius 1 is 0.938 bits per heavy atom. The van der Waals surface area contributed by atoms with Gasteiger partial charge in [0.2, 0.25) is 0 Å². The van der Waals surface area contributed by atoms with E-state index in [-0.39, 0.29) is 0 Å². The zero-order valence-corrected chi connectivity index (χ0v) is 10.5. The zero-order chi connectivity index (χ0) is 11.5. The Kier molecular flexibility index (Phi) is 3.70. The van der Waals surface area contributed by atoms with Crippen LogP contribution in [0, 0.1) is 0 Å². The summed E-state index contributed by atoms with van der Waals surface area (Å²) in [4.78, 5) is 4.19. The molecule has 0 aliphatic heterocycles. The molecule has 1 aromatic heterocycles. The summed E-state index contributed by atoms with van der Waals surface area (Å²) >= 11 is 17.8. The Balaban J connectivity index is 2.33. The van der Waals surface area contributed by atoms with Crippen LogP contribution in [-0.4, -0.2) is 4.98 Å². The molecule has 0 spiro atoms. The molecule has 1 nitrogen and oxygen atoms in total. The fraction of sp³-hybridized carbons (Fsp3) is 0.0833. The van der Waals surface area contributed by atoms with Gasteiger partial charge in [0.15, 0.2) is 0 Å². The van der Waals surface area contributed by atoms with Gasteiger partial charge in [-0.05, 0) is 5.56 Å². The van der Waals surface area contributed by atoms with E-state index < -0.39 is 0 Å². The normalized spacial score (nSPS) is 10.4. The molecular weight excluding hydrogens is 264 g/mol. The fourth-order valence-corrected chi connectivity index (χ4v) is 1.96. The lowest BCUT2D eigenvalue weighted by atomic mass is 10.1. The molecule has 2 rings (SSSR count). The smallest absolute Gasteiger partial charge is 0.0826 e. The molecule has 0 aliphatic rings. The lowest BCUT2D eigenvalue weighted by Gasteiger charge is -2.06. The molecule has 16 heavy (non-hydrogen) atoms. The molecule has 0 aliphatic carbocycles. The molecule has 82 valence electrons. The van der Waals surface area contributed by atoms with Crippen LogP contribution in [0.2, 0.25) is 15.1 Å². The highest BCUT2D eigenvalue weighted by Crippen LogP contribution is 2.31. The van der Waals surface area contributed by atoms with E-state index in [0.29, 0.717) is 21.5 Å². The first-order chi connectivity index (χ1) is 7.68. The van der Waals surface area contributed by atoms with Gasteiger partial charge < -0.3 is 0 Å². The van der Waals surface area contributed by atoms with Crippen LogP contribution < -0.4 is 0 Å². The van der Waals surface area contributed by atoms with Crippen molar-refractivity contribution < 1.29 is 0 Å². The number of rotatable bonds is 2. The summed E-state index contributed by atoms with van der Waals surface area (Å²) in [5.41, 5.74) is 1.87. The van der Waals surface area contributed by atoms with Crippen molar-refractivity contribution in [3.05, 3.63) is 62.9 Å². The topological polar surface area (TPSA) is 12.9 Å². The van der Waals surface area contributed by atoms with E-state index in [1.54, 1.807) is 0 Å². The molecule has 0 radical (unpaired) electrons. The first-order valence-corrected chi connectivity index (χ1v) is 5.84. The fourth-order valence-electron chi connectivity index (χ4n) is 1.39. The number of hydrogen-bond acceptors (Lipinski definition) is 1. The summed E-state index contributed by atoms with van der Waals surface area (Å²) in [6, 6.07) is 9.94. The summed E-state index contributed by atoms with van der Waals surface area (Å²) in [5, 5.41) is 1.17. The SMILES string of the molecule is Clc1cnc(Cc2ccccc2)c(Cl)c1Cl. The largest absolute Gasteiger partial charge is 0.258 e. The maximum Gasteiger partial charge on any atom is 0.0826 e. The first kappa shape index (κ1) is 11.7. The van der Waals surface area contributed by atoms with Crippen molar-refractivity contribution in [1.29, 1.82) is 0 Å². The van der Waals surface area contributed by atoms with Crippen molar-refractivity contribution in [2.75, 3.05) is 0 Å². The second-order valence-corrected chi connectivity index (χ2v) is 4.51. The Morgan fingerprint density at radius 3 is 2.31 bits per heavy atom. The third-order valence-corrected chi connectivity index (χ3v) is 3.48.